The Morgan fingerprint density at radius 3 is 1.50 bits per heavy atom. The fourth-order valence-electron chi connectivity index (χ4n) is 5.19. The summed E-state index contributed by atoms with van der Waals surface area (Å²) in [4.78, 5) is 5.21. The van der Waals surface area contributed by atoms with Crippen molar-refractivity contribution in [3.8, 4) is 11.6 Å². The smallest absolute Gasteiger partial charge is 0.140 e. The molecule has 0 amide bonds. The zero-order valence-electron chi connectivity index (χ0n) is 18.5. The maximum absolute atomic E-state index is 5.21. The maximum atomic E-state index is 5.21. The number of hydrogen-bond donors (Lipinski definition) is 0. The number of para-hydroxylation sites is 3. The third kappa shape index (κ3) is 2.61. The van der Waals surface area contributed by atoms with Gasteiger partial charge >= 0.3 is 0 Å². The molecule has 0 N–H and O–H groups in total. The van der Waals surface area contributed by atoms with Crippen LogP contribution < -0.4 is 0 Å². The van der Waals surface area contributed by atoms with Crippen molar-refractivity contribution in [2.45, 2.75) is 0 Å². The molecule has 7 aromatic rings. The molecule has 0 aliphatic heterocycles. The molecular weight excluding hydrogens is 414 g/mol. The minimum atomic E-state index is 0.900. The standard InChI is InChI=1S/C31H21N3/c1-2-21-18-19-29-25(20-21)24-12-5-8-15-28(24)34(29)31-17-9-16-30(32-31)33-26-13-6-3-10-22(26)23-11-4-7-14-27(23)33/h2-20H,1H2. The Kier molecular flexibility index (Phi) is 4.00. The molecule has 0 atom stereocenters. The second kappa shape index (κ2) is 7.19. The highest BCUT2D eigenvalue weighted by Gasteiger charge is 2.16. The van der Waals surface area contributed by atoms with Gasteiger partial charge in [0.1, 0.15) is 11.6 Å². The van der Waals surface area contributed by atoms with Gasteiger partial charge in [-0.2, -0.15) is 0 Å². The molecule has 4 aromatic carbocycles. The number of fused-ring (bicyclic) bond motifs is 6. The molecule has 0 radical (unpaired) electrons. The molecule has 3 nitrogen and oxygen atoms in total. The zero-order valence-corrected chi connectivity index (χ0v) is 18.5. The summed E-state index contributed by atoms with van der Waals surface area (Å²) in [6.07, 6.45) is 1.90. The van der Waals surface area contributed by atoms with Crippen LogP contribution in [0.25, 0.3) is 61.3 Å². The zero-order chi connectivity index (χ0) is 22.6. The van der Waals surface area contributed by atoms with E-state index in [1.807, 2.05) is 6.08 Å². The van der Waals surface area contributed by atoms with Crippen LogP contribution in [0.15, 0.2) is 116 Å². The third-order valence-electron chi connectivity index (χ3n) is 6.69. The number of hydrogen-bond acceptors (Lipinski definition) is 1. The quantitative estimate of drug-likeness (QED) is 0.276. The average Bonchev–Trinajstić information content (AvgIpc) is 3.41. The number of pyridine rings is 1. The summed E-state index contributed by atoms with van der Waals surface area (Å²) in [7, 11) is 0. The lowest BCUT2D eigenvalue weighted by atomic mass is 10.1. The first-order valence-corrected chi connectivity index (χ1v) is 11.4. The number of benzene rings is 4. The monoisotopic (exact) mass is 435 g/mol. The highest BCUT2D eigenvalue weighted by Crippen LogP contribution is 2.34. The summed E-state index contributed by atoms with van der Waals surface area (Å²) >= 11 is 0. The van der Waals surface area contributed by atoms with Gasteiger partial charge in [0.05, 0.1) is 22.1 Å². The minimum absolute atomic E-state index is 0.900. The molecule has 3 heteroatoms. The number of rotatable bonds is 3. The molecule has 0 unspecified atom stereocenters. The van der Waals surface area contributed by atoms with Crippen LogP contribution in [0.1, 0.15) is 5.56 Å². The van der Waals surface area contributed by atoms with Crippen molar-refractivity contribution in [3.63, 3.8) is 0 Å². The average molecular weight is 436 g/mol. The van der Waals surface area contributed by atoms with Gasteiger partial charge in [-0.05, 0) is 48.0 Å². The molecule has 0 bridgehead atoms. The van der Waals surface area contributed by atoms with Crippen LogP contribution in [0.2, 0.25) is 0 Å². The van der Waals surface area contributed by atoms with E-state index >= 15 is 0 Å². The van der Waals surface area contributed by atoms with E-state index in [2.05, 4.69) is 125 Å². The van der Waals surface area contributed by atoms with E-state index in [4.69, 9.17) is 4.98 Å². The molecule has 34 heavy (non-hydrogen) atoms. The summed E-state index contributed by atoms with van der Waals surface area (Å²) in [5.74, 6) is 1.81. The largest absolute Gasteiger partial charge is 0.294 e. The predicted molar refractivity (Wildman–Crippen MR) is 143 cm³/mol. The lowest BCUT2D eigenvalue weighted by Crippen LogP contribution is -2.03. The molecule has 160 valence electrons. The first kappa shape index (κ1) is 18.9. The Bertz CT molecular complexity index is 1830. The summed E-state index contributed by atoms with van der Waals surface area (Å²) in [6, 6.07) is 38.4. The van der Waals surface area contributed by atoms with Gasteiger partial charge in [0.15, 0.2) is 0 Å². The minimum Gasteiger partial charge on any atom is -0.294 e. The molecule has 0 saturated carbocycles. The van der Waals surface area contributed by atoms with E-state index in [0.717, 1.165) is 39.3 Å². The molecule has 3 heterocycles. The second-order valence-corrected chi connectivity index (χ2v) is 8.56. The molecule has 3 aromatic heterocycles. The lowest BCUT2D eigenvalue weighted by Gasteiger charge is -2.11. The van der Waals surface area contributed by atoms with Gasteiger partial charge in [0.25, 0.3) is 0 Å². The van der Waals surface area contributed by atoms with E-state index in [-0.39, 0.29) is 0 Å². The molecule has 0 aliphatic rings. The van der Waals surface area contributed by atoms with Gasteiger partial charge < -0.3 is 0 Å². The van der Waals surface area contributed by atoms with Crippen molar-refractivity contribution in [2.24, 2.45) is 0 Å². The van der Waals surface area contributed by atoms with Crippen molar-refractivity contribution < 1.29 is 0 Å². The molecule has 7 rings (SSSR count). The van der Waals surface area contributed by atoms with Crippen molar-refractivity contribution >= 4 is 49.7 Å². The van der Waals surface area contributed by atoms with Crippen molar-refractivity contribution in [3.05, 3.63) is 121 Å². The second-order valence-electron chi connectivity index (χ2n) is 8.56. The molecule has 0 aliphatic carbocycles. The van der Waals surface area contributed by atoms with Crippen LogP contribution in [0.5, 0.6) is 0 Å². The predicted octanol–water partition coefficient (Wildman–Crippen LogP) is 7.92. The fraction of sp³-hybridized carbons (Fsp3) is 0. The maximum Gasteiger partial charge on any atom is 0.140 e. The Balaban J connectivity index is 1.54. The van der Waals surface area contributed by atoms with Gasteiger partial charge in [-0.3, -0.25) is 9.13 Å². The van der Waals surface area contributed by atoms with Gasteiger partial charge in [0.2, 0.25) is 0 Å². The van der Waals surface area contributed by atoms with Crippen LogP contribution in [-0.4, -0.2) is 14.1 Å². The number of aromatic nitrogens is 3. The van der Waals surface area contributed by atoms with Crippen molar-refractivity contribution in [1.29, 1.82) is 0 Å². The first-order valence-electron chi connectivity index (χ1n) is 11.4. The van der Waals surface area contributed by atoms with Crippen molar-refractivity contribution in [1.82, 2.24) is 14.1 Å². The van der Waals surface area contributed by atoms with Gasteiger partial charge in [-0.25, -0.2) is 4.98 Å². The molecule has 0 fully saturated rings. The van der Waals surface area contributed by atoms with Crippen LogP contribution in [0.3, 0.4) is 0 Å². The molecule has 0 spiro atoms. The van der Waals surface area contributed by atoms with Gasteiger partial charge in [-0.1, -0.05) is 79.4 Å². The van der Waals surface area contributed by atoms with Crippen molar-refractivity contribution in [2.75, 3.05) is 0 Å². The lowest BCUT2D eigenvalue weighted by molar-refractivity contribution is 1.01. The first-order chi connectivity index (χ1) is 16.8. The highest BCUT2D eigenvalue weighted by molar-refractivity contribution is 6.10. The van der Waals surface area contributed by atoms with E-state index in [9.17, 15) is 0 Å². The fourth-order valence-corrected chi connectivity index (χ4v) is 5.19. The summed E-state index contributed by atoms with van der Waals surface area (Å²) in [6.45, 7) is 3.95. The van der Waals surface area contributed by atoms with E-state index in [0.29, 0.717) is 0 Å². The van der Waals surface area contributed by atoms with E-state index < -0.39 is 0 Å². The van der Waals surface area contributed by atoms with Crippen LogP contribution >= 0.6 is 0 Å². The van der Waals surface area contributed by atoms with Crippen LogP contribution in [-0.2, 0) is 0 Å². The molecular formula is C31H21N3. The highest BCUT2D eigenvalue weighted by atomic mass is 15.1. The van der Waals surface area contributed by atoms with E-state index in [1.54, 1.807) is 0 Å². The molecule has 0 saturated heterocycles. The topological polar surface area (TPSA) is 22.8 Å². The van der Waals surface area contributed by atoms with Crippen LogP contribution in [0.4, 0.5) is 0 Å². The normalized spacial score (nSPS) is 11.6. The third-order valence-corrected chi connectivity index (χ3v) is 6.69. The van der Waals surface area contributed by atoms with Gasteiger partial charge in [0, 0.05) is 21.5 Å². The Morgan fingerprint density at radius 2 is 0.971 bits per heavy atom. The Hall–Kier alpha value is -4.63. The Labute approximate surface area is 196 Å². The summed E-state index contributed by atoms with van der Waals surface area (Å²) in [5, 5.41) is 4.89. The van der Waals surface area contributed by atoms with Gasteiger partial charge in [-0.15, -0.1) is 0 Å². The summed E-state index contributed by atoms with van der Waals surface area (Å²) in [5.41, 5.74) is 5.71. The van der Waals surface area contributed by atoms with E-state index in [1.165, 1.54) is 21.5 Å². The summed E-state index contributed by atoms with van der Waals surface area (Å²) < 4.78 is 4.52. The SMILES string of the molecule is C=Cc1ccc2c(c1)c1ccccc1n2-c1cccc(-n2c3ccccc3c3ccccc32)n1. The van der Waals surface area contributed by atoms with Crippen LogP contribution in [0, 0.1) is 0 Å². The number of nitrogens with zero attached hydrogens (tertiary/aromatic N) is 3. The Morgan fingerprint density at radius 1 is 0.500 bits per heavy atom.